The van der Waals surface area contributed by atoms with E-state index in [1.807, 2.05) is 170 Å². The van der Waals surface area contributed by atoms with Crippen LogP contribution in [0.15, 0.2) is 284 Å². The van der Waals surface area contributed by atoms with Crippen LogP contribution in [0, 0.1) is 0 Å². The van der Waals surface area contributed by atoms with Gasteiger partial charge < -0.3 is 9.31 Å². The van der Waals surface area contributed by atoms with Crippen LogP contribution >= 0.6 is 15.9 Å². The molecule has 7 heterocycles. The standard InChI is InChI=1S/C36H23N5.C27H26BN3O2.C15H9BrN2.CH4/c1-3-9-25(10-4-1)34-38-35(26-11-5-2-6-12-26)40-36(39-34)27-17-15-24(16-18-27)28-19-21-31-29(23-28)20-22-33-37-30-13-7-8-14-32(30)41(31)33;1-26(2)27(3,4)33-28(32-26)22-17-15-21(16-18-22)25-30-23(19-11-7-5-8-12-19)29-24(31-25)20-13-9-6-10-14-20;16-11-6-7-13-10(9-11)5-8-15-17-12-3-1-2-4-14(12)18(13)15;/h1-23H;5-18H,1-4H3;1-9H;1H4. The fourth-order valence-corrected chi connectivity index (χ4v) is 11.9. The van der Waals surface area contributed by atoms with Gasteiger partial charge in [0.2, 0.25) is 0 Å². The van der Waals surface area contributed by atoms with Gasteiger partial charge >= 0.3 is 7.12 Å². The molecule has 6 aromatic heterocycles. The third-order valence-electron chi connectivity index (χ3n) is 17.1. The minimum absolute atomic E-state index is 0. The van der Waals surface area contributed by atoms with Gasteiger partial charge in [-0.1, -0.05) is 224 Å². The molecule has 1 saturated heterocycles. The number of aromatic nitrogens is 10. The zero-order valence-electron chi connectivity index (χ0n) is 50.8. The quantitative estimate of drug-likeness (QED) is 0.136. The van der Waals surface area contributed by atoms with Crippen molar-refractivity contribution in [3.05, 3.63) is 284 Å². The lowest BCUT2D eigenvalue weighted by molar-refractivity contribution is 0.00578. The molecule has 0 radical (unpaired) electrons. The zero-order valence-corrected chi connectivity index (χ0v) is 52.4. The fourth-order valence-electron chi connectivity index (χ4n) is 11.5. The molecule has 16 aromatic rings. The van der Waals surface area contributed by atoms with Gasteiger partial charge in [0.1, 0.15) is 11.3 Å². The number of para-hydroxylation sites is 4. The van der Waals surface area contributed by atoms with Crippen LogP contribution in [0.5, 0.6) is 0 Å². The van der Waals surface area contributed by atoms with Gasteiger partial charge in [0.15, 0.2) is 34.9 Å². The van der Waals surface area contributed by atoms with Crippen molar-refractivity contribution in [2.75, 3.05) is 0 Å². The van der Waals surface area contributed by atoms with Crippen molar-refractivity contribution in [1.29, 1.82) is 0 Å². The minimum atomic E-state index is -0.401. The van der Waals surface area contributed by atoms with Crippen molar-refractivity contribution in [2.24, 2.45) is 0 Å². The molecule has 450 valence electrons. The van der Waals surface area contributed by atoms with Gasteiger partial charge in [0.05, 0.1) is 44.3 Å². The normalized spacial score (nSPS) is 13.2. The first-order valence-electron chi connectivity index (χ1n) is 30.5. The van der Waals surface area contributed by atoms with Gasteiger partial charge in [-0.2, -0.15) is 0 Å². The Morgan fingerprint density at radius 3 is 1.03 bits per heavy atom. The Balaban J connectivity index is 0.000000129. The maximum Gasteiger partial charge on any atom is 0.494 e. The van der Waals surface area contributed by atoms with E-state index in [-0.39, 0.29) is 18.6 Å². The first kappa shape index (κ1) is 59.7. The molecule has 17 rings (SSSR count). The van der Waals surface area contributed by atoms with Crippen LogP contribution in [0.2, 0.25) is 0 Å². The van der Waals surface area contributed by atoms with Gasteiger partial charge in [0, 0.05) is 37.9 Å². The second kappa shape index (κ2) is 25.1. The largest absolute Gasteiger partial charge is 0.494 e. The molecule has 0 spiro atoms. The number of benzene rings is 10. The van der Waals surface area contributed by atoms with Crippen molar-refractivity contribution in [1.82, 2.24) is 48.7 Å². The first-order valence-corrected chi connectivity index (χ1v) is 31.3. The highest BCUT2D eigenvalue weighted by Crippen LogP contribution is 2.37. The van der Waals surface area contributed by atoms with Gasteiger partial charge in [-0.15, -0.1) is 0 Å². The maximum absolute atomic E-state index is 6.19. The van der Waals surface area contributed by atoms with Crippen LogP contribution in [0.25, 0.3) is 135 Å². The molecule has 0 aliphatic carbocycles. The summed E-state index contributed by atoms with van der Waals surface area (Å²) in [7, 11) is -0.401. The molecule has 14 heteroatoms. The van der Waals surface area contributed by atoms with Gasteiger partial charge in [-0.05, 0) is 134 Å². The number of rotatable bonds is 8. The summed E-state index contributed by atoms with van der Waals surface area (Å²) in [5.41, 5.74) is 16.8. The van der Waals surface area contributed by atoms with Crippen LogP contribution < -0.4 is 5.46 Å². The molecule has 1 aliphatic rings. The van der Waals surface area contributed by atoms with E-state index >= 15 is 0 Å². The third-order valence-corrected chi connectivity index (χ3v) is 17.6. The second-order valence-electron chi connectivity index (χ2n) is 23.6. The molecule has 1 aliphatic heterocycles. The highest BCUT2D eigenvalue weighted by Gasteiger charge is 2.51. The lowest BCUT2D eigenvalue weighted by Crippen LogP contribution is -2.41. The molecule has 93 heavy (non-hydrogen) atoms. The fraction of sp³-hybridized carbons (Fsp3) is 0.0886. The lowest BCUT2D eigenvalue weighted by atomic mass is 9.79. The van der Waals surface area contributed by atoms with Crippen molar-refractivity contribution >= 4 is 83.7 Å². The number of halogens is 1. The Morgan fingerprint density at radius 2 is 0.624 bits per heavy atom. The summed E-state index contributed by atoms with van der Waals surface area (Å²) in [6.45, 7) is 8.23. The Kier molecular flexibility index (Phi) is 16.1. The Hall–Kier alpha value is -10.9. The molecule has 0 atom stereocenters. The summed E-state index contributed by atoms with van der Waals surface area (Å²) < 4.78 is 17.9. The van der Waals surface area contributed by atoms with Gasteiger partial charge in [-0.3, -0.25) is 8.80 Å². The molecule has 10 aromatic carbocycles. The predicted molar refractivity (Wildman–Crippen MR) is 382 cm³/mol. The maximum atomic E-state index is 6.19. The molecular formula is C79H62BBrN10O2. The van der Waals surface area contributed by atoms with Crippen LogP contribution in [-0.2, 0) is 9.31 Å². The Labute approximate surface area is 547 Å². The molecule has 0 N–H and O–H groups in total. The van der Waals surface area contributed by atoms with E-state index in [1.165, 1.54) is 16.3 Å². The molecular weight excluding hydrogens is 1210 g/mol. The number of imidazole rings is 2. The van der Waals surface area contributed by atoms with Gasteiger partial charge in [-0.25, -0.2) is 39.9 Å². The van der Waals surface area contributed by atoms with E-state index in [9.17, 15) is 0 Å². The Morgan fingerprint density at radius 1 is 0.301 bits per heavy atom. The predicted octanol–water partition coefficient (Wildman–Crippen LogP) is 18.7. The number of pyridine rings is 2. The molecule has 0 amide bonds. The topological polar surface area (TPSA) is 130 Å². The van der Waals surface area contributed by atoms with E-state index in [0.717, 1.165) is 93.3 Å². The van der Waals surface area contributed by atoms with Crippen LogP contribution in [0.1, 0.15) is 35.1 Å². The summed E-state index contributed by atoms with van der Waals surface area (Å²) in [4.78, 5) is 38.3. The minimum Gasteiger partial charge on any atom is -0.399 e. The second-order valence-corrected chi connectivity index (χ2v) is 24.5. The van der Waals surface area contributed by atoms with Crippen molar-refractivity contribution in [3.63, 3.8) is 0 Å². The Bertz CT molecular complexity index is 5230. The number of hydrogen-bond donors (Lipinski definition) is 0. The van der Waals surface area contributed by atoms with E-state index in [0.29, 0.717) is 34.9 Å². The molecule has 12 nitrogen and oxygen atoms in total. The molecule has 0 saturated carbocycles. The monoisotopic (exact) mass is 1270 g/mol. The summed E-state index contributed by atoms with van der Waals surface area (Å²) in [6, 6.07) is 94.4. The van der Waals surface area contributed by atoms with Crippen molar-refractivity contribution < 1.29 is 9.31 Å². The van der Waals surface area contributed by atoms with Crippen LogP contribution in [0.3, 0.4) is 0 Å². The summed E-state index contributed by atoms with van der Waals surface area (Å²) in [5, 5.41) is 2.37. The number of fused-ring (bicyclic) bond motifs is 10. The molecule has 0 bridgehead atoms. The molecule has 1 fully saturated rings. The van der Waals surface area contributed by atoms with E-state index in [2.05, 4.69) is 167 Å². The summed E-state index contributed by atoms with van der Waals surface area (Å²) >= 11 is 3.51. The number of nitrogens with zero attached hydrogens (tertiary/aromatic N) is 10. The van der Waals surface area contributed by atoms with Crippen LogP contribution in [-0.4, -0.2) is 67.0 Å². The first-order chi connectivity index (χ1) is 44.9. The summed E-state index contributed by atoms with van der Waals surface area (Å²) in [6.07, 6.45) is 0. The average molecular weight is 1270 g/mol. The lowest BCUT2D eigenvalue weighted by Gasteiger charge is -2.32. The third kappa shape index (κ3) is 11.9. The van der Waals surface area contributed by atoms with E-state index < -0.39 is 7.12 Å². The average Bonchev–Trinajstić information content (AvgIpc) is 1.67. The smallest absolute Gasteiger partial charge is 0.399 e. The van der Waals surface area contributed by atoms with Gasteiger partial charge in [0.25, 0.3) is 0 Å². The zero-order chi connectivity index (χ0) is 62.3. The van der Waals surface area contributed by atoms with E-state index in [4.69, 9.17) is 44.2 Å². The summed E-state index contributed by atoms with van der Waals surface area (Å²) in [5.74, 6) is 3.89. The molecule has 0 unspecified atom stereocenters. The van der Waals surface area contributed by atoms with Crippen LogP contribution in [0.4, 0.5) is 0 Å². The van der Waals surface area contributed by atoms with Crippen molar-refractivity contribution in [3.8, 4) is 79.5 Å². The number of hydrogen-bond acceptors (Lipinski definition) is 10. The highest BCUT2D eigenvalue weighted by atomic mass is 79.9. The van der Waals surface area contributed by atoms with E-state index in [1.54, 1.807) is 0 Å². The van der Waals surface area contributed by atoms with Crippen molar-refractivity contribution in [2.45, 2.75) is 46.3 Å². The SMILES string of the molecule is Brc1ccc2c(ccc3nc4ccccc4n32)c1.C.CC1(C)OB(c2ccc(-c3nc(-c4ccccc4)nc(-c4ccccc4)n3)cc2)OC1(C)C.c1ccc(-c2nc(-c3ccccc3)nc(-c3ccc(-c4ccc5c(ccc6nc7ccccc7n65)c4)cc3)n2)cc1. The highest BCUT2D eigenvalue weighted by molar-refractivity contribution is 9.10.